The molecule has 3 fully saturated rings. The second-order valence-electron chi connectivity index (χ2n) is 8.16. The summed E-state index contributed by atoms with van der Waals surface area (Å²) in [5.41, 5.74) is -1.21. The number of carbonyl (C=O) groups excluding carboxylic acids is 1. The zero-order valence-electron chi connectivity index (χ0n) is 15.9. The van der Waals surface area contributed by atoms with Crippen molar-refractivity contribution in [3.8, 4) is 0 Å². The topological polar surface area (TPSA) is 131 Å². The maximum Gasteiger partial charge on any atom is 0.280 e. The van der Waals surface area contributed by atoms with Gasteiger partial charge in [0.25, 0.3) is 5.56 Å². The van der Waals surface area contributed by atoms with Crippen LogP contribution in [-0.2, 0) is 14.3 Å². The third-order valence-corrected chi connectivity index (χ3v) is 6.24. The van der Waals surface area contributed by atoms with Crippen molar-refractivity contribution >= 4 is 23.0 Å². The van der Waals surface area contributed by atoms with Crippen molar-refractivity contribution < 1.29 is 19.4 Å². The van der Waals surface area contributed by atoms with Crippen molar-refractivity contribution in [2.75, 3.05) is 5.32 Å². The van der Waals surface area contributed by atoms with E-state index in [0.717, 1.165) is 12.8 Å². The molecule has 4 atom stereocenters. The fourth-order valence-electron chi connectivity index (χ4n) is 4.55. The normalized spacial score (nSPS) is 32.5. The molecule has 2 aromatic heterocycles. The van der Waals surface area contributed by atoms with Crippen LogP contribution in [0, 0.1) is 5.92 Å². The van der Waals surface area contributed by atoms with Crippen molar-refractivity contribution in [1.29, 1.82) is 0 Å². The number of aliphatic hydroxyl groups excluding tert-OH is 1. The first-order valence-electron chi connectivity index (χ1n) is 9.63. The van der Waals surface area contributed by atoms with Gasteiger partial charge in [0.15, 0.2) is 17.4 Å². The highest BCUT2D eigenvalue weighted by atomic mass is 16.7. The number of hydrogen-bond acceptors (Lipinski definition) is 7. The summed E-state index contributed by atoms with van der Waals surface area (Å²) in [6.45, 7) is 5.47. The minimum atomic E-state index is -0.760. The van der Waals surface area contributed by atoms with Gasteiger partial charge in [-0.1, -0.05) is 20.8 Å². The van der Waals surface area contributed by atoms with Crippen LogP contribution >= 0.6 is 0 Å². The Bertz CT molecular complexity index is 1030. The minimum absolute atomic E-state index is 0.0476. The monoisotopic (exact) mass is 389 g/mol. The Kier molecular flexibility index (Phi) is 3.57. The average molecular weight is 389 g/mol. The standard InChI is InChI=1S/C18H23N5O5/c1-4-18-11(24)10(27-17(18)5-6-17)15(28-18)23-7-19-9-12(23)20-16(22-14(9)26)21-13(25)8(2)3/h7-8,10-11,15,24H,4-6H2,1-3H3,(H2,20,21,22,25,26)/t10?,11-,15-,18-/m1/s1. The third-order valence-electron chi connectivity index (χ3n) is 6.24. The maximum atomic E-state index is 12.4. The first-order chi connectivity index (χ1) is 13.3. The number of aromatic amines is 1. The second kappa shape index (κ2) is 5.62. The van der Waals surface area contributed by atoms with Crippen LogP contribution in [0.4, 0.5) is 5.95 Å². The maximum absolute atomic E-state index is 12.4. The van der Waals surface area contributed by atoms with Crippen LogP contribution < -0.4 is 10.9 Å². The summed E-state index contributed by atoms with van der Waals surface area (Å²) < 4.78 is 14.2. The van der Waals surface area contributed by atoms with Crippen LogP contribution in [0.2, 0.25) is 0 Å². The lowest BCUT2D eigenvalue weighted by Gasteiger charge is -2.37. The molecule has 2 bridgehead atoms. The van der Waals surface area contributed by atoms with Crippen LogP contribution in [0.1, 0.15) is 46.3 Å². The largest absolute Gasteiger partial charge is 0.387 e. The molecule has 3 N–H and O–H groups in total. The quantitative estimate of drug-likeness (QED) is 0.701. The van der Waals surface area contributed by atoms with Gasteiger partial charge < -0.3 is 14.6 Å². The van der Waals surface area contributed by atoms with Crippen LogP contribution in [0.25, 0.3) is 11.2 Å². The van der Waals surface area contributed by atoms with Crippen LogP contribution in [0.3, 0.4) is 0 Å². The fourth-order valence-corrected chi connectivity index (χ4v) is 4.55. The zero-order chi connectivity index (χ0) is 19.8. The lowest BCUT2D eigenvalue weighted by molar-refractivity contribution is -0.224. The molecule has 1 aliphatic carbocycles. The Morgan fingerprint density at radius 2 is 2.21 bits per heavy atom. The zero-order valence-corrected chi connectivity index (χ0v) is 15.9. The Balaban J connectivity index is 1.55. The second-order valence-corrected chi connectivity index (χ2v) is 8.16. The van der Waals surface area contributed by atoms with Gasteiger partial charge in [-0.05, 0) is 19.3 Å². The van der Waals surface area contributed by atoms with Gasteiger partial charge >= 0.3 is 0 Å². The number of H-pyrrole nitrogens is 1. The molecule has 28 heavy (non-hydrogen) atoms. The van der Waals surface area contributed by atoms with Gasteiger partial charge in [0.1, 0.15) is 23.4 Å². The number of anilines is 1. The van der Waals surface area contributed by atoms with Crippen molar-refractivity contribution in [3.63, 3.8) is 0 Å². The highest BCUT2D eigenvalue weighted by Gasteiger charge is 2.77. The summed E-state index contributed by atoms with van der Waals surface area (Å²) in [4.78, 5) is 35.4. The average Bonchev–Trinajstić information content (AvgIpc) is 3.12. The highest BCUT2D eigenvalue weighted by molar-refractivity contribution is 5.91. The van der Waals surface area contributed by atoms with Crippen LogP contribution in [0.15, 0.2) is 11.1 Å². The lowest BCUT2D eigenvalue weighted by atomic mass is 9.88. The smallest absolute Gasteiger partial charge is 0.280 e. The molecule has 1 saturated carbocycles. The molecule has 150 valence electrons. The first kappa shape index (κ1) is 17.8. The molecule has 1 amide bonds. The third kappa shape index (κ3) is 2.13. The SMILES string of the molecule is CC[C@]12O[C@@H](n3cnc4c(=O)[nH]c(NC(=O)C(C)C)nc43)C(OC13CC3)[C@H]2O. The van der Waals surface area contributed by atoms with Gasteiger partial charge in [-0.3, -0.25) is 24.5 Å². The molecule has 3 aliphatic rings. The van der Waals surface area contributed by atoms with Crippen molar-refractivity contribution in [3.05, 3.63) is 16.7 Å². The van der Waals surface area contributed by atoms with E-state index in [-0.39, 0.29) is 28.9 Å². The van der Waals surface area contributed by atoms with Crippen LogP contribution in [-0.4, -0.2) is 53.9 Å². The van der Waals surface area contributed by atoms with Gasteiger partial charge in [0, 0.05) is 5.92 Å². The van der Waals surface area contributed by atoms with Gasteiger partial charge in [-0.25, -0.2) is 4.98 Å². The Hall–Kier alpha value is -2.30. The molecular weight excluding hydrogens is 366 g/mol. The summed E-state index contributed by atoms with van der Waals surface area (Å²) in [6, 6.07) is 0. The van der Waals surface area contributed by atoms with E-state index in [9.17, 15) is 14.7 Å². The van der Waals surface area contributed by atoms with Crippen molar-refractivity contribution in [2.45, 2.75) is 69.7 Å². The predicted molar refractivity (Wildman–Crippen MR) is 97.6 cm³/mol. The molecule has 1 unspecified atom stereocenters. The fraction of sp³-hybridized carbons (Fsp3) is 0.667. The molecule has 4 heterocycles. The summed E-state index contributed by atoms with van der Waals surface area (Å²) in [6.07, 6.45) is 1.86. The molecule has 1 spiro atoms. The summed E-state index contributed by atoms with van der Waals surface area (Å²) in [5.74, 6) is -0.474. The molecule has 2 saturated heterocycles. The van der Waals surface area contributed by atoms with E-state index in [1.54, 1.807) is 18.4 Å². The number of hydrogen-bond donors (Lipinski definition) is 3. The number of rotatable bonds is 4. The highest BCUT2D eigenvalue weighted by Crippen LogP contribution is 2.65. The molecule has 0 aromatic carbocycles. The van der Waals surface area contributed by atoms with Gasteiger partial charge in [0.2, 0.25) is 11.9 Å². The molecule has 10 nitrogen and oxygen atoms in total. The minimum Gasteiger partial charge on any atom is -0.387 e. The number of aromatic nitrogens is 4. The van der Waals surface area contributed by atoms with Crippen LogP contribution in [0.5, 0.6) is 0 Å². The van der Waals surface area contributed by atoms with E-state index >= 15 is 0 Å². The summed E-state index contributed by atoms with van der Waals surface area (Å²) in [5, 5.41) is 13.5. The Morgan fingerprint density at radius 3 is 2.86 bits per heavy atom. The van der Waals surface area contributed by atoms with E-state index in [0.29, 0.717) is 6.42 Å². The van der Waals surface area contributed by atoms with E-state index in [1.807, 2.05) is 6.92 Å². The van der Waals surface area contributed by atoms with Crippen molar-refractivity contribution in [2.24, 2.45) is 5.92 Å². The summed E-state index contributed by atoms with van der Waals surface area (Å²) in [7, 11) is 0. The molecule has 5 rings (SSSR count). The number of fused-ring (bicyclic) bond motifs is 4. The predicted octanol–water partition coefficient (Wildman–Crippen LogP) is 0.684. The number of ether oxygens (including phenoxy) is 2. The van der Waals surface area contributed by atoms with Gasteiger partial charge in [0.05, 0.1) is 6.33 Å². The molecule has 2 aromatic rings. The number of amides is 1. The van der Waals surface area contributed by atoms with Crippen molar-refractivity contribution in [1.82, 2.24) is 19.5 Å². The van der Waals surface area contributed by atoms with Gasteiger partial charge in [-0.2, -0.15) is 4.98 Å². The van der Waals surface area contributed by atoms with E-state index in [2.05, 4.69) is 20.3 Å². The number of aliphatic hydroxyl groups is 1. The molecule has 0 radical (unpaired) electrons. The van der Waals surface area contributed by atoms with Gasteiger partial charge in [-0.15, -0.1) is 0 Å². The van der Waals surface area contributed by atoms with E-state index in [4.69, 9.17) is 9.47 Å². The Morgan fingerprint density at radius 1 is 1.46 bits per heavy atom. The summed E-state index contributed by atoms with van der Waals surface area (Å²) >= 11 is 0. The van der Waals surface area contributed by atoms with E-state index in [1.165, 1.54) is 6.33 Å². The molecule has 10 heteroatoms. The number of imidazole rings is 1. The number of nitrogens with one attached hydrogen (secondary N) is 2. The number of nitrogens with zero attached hydrogens (tertiary/aromatic N) is 3. The molecular formula is C18H23N5O5. The number of carbonyl (C=O) groups is 1. The lowest BCUT2D eigenvalue weighted by Crippen LogP contribution is -2.48. The molecule has 2 aliphatic heterocycles. The Labute approximate surface area is 160 Å². The first-order valence-corrected chi connectivity index (χ1v) is 9.63. The van der Waals surface area contributed by atoms with E-state index < -0.39 is 35.2 Å².